The first-order valence-corrected chi connectivity index (χ1v) is 12.3. The fourth-order valence-electron chi connectivity index (χ4n) is 3.74. The lowest BCUT2D eigenvalue weighted by Crippen LogP contribution is -2.13. The normalized spacial score (nSPS) is 11.9. The molecule has 0 unspecified atom stereocenters. The molecule has 5 aromatic rings. The van der Waals surface area contributed by atoms with Crippen molar-refractivity contribution in [3.8, 4) is 22.6 Å². The molecule has 34 heavy (non-hydrogen) atoms. The third kappa shape index (κ3) is 4.33. The molecule has 0 saturated heterocycles. The van der Waals surface area contributed by atoms with E-state index < -0.39 is 0 Å². The zero-order valence-corrected chi connectivity index (χ0v) is 20.5. The summed E-state index contributed by atoms with van der Waals surface area (Å²) in [5.74, 6) is 2.65. The van der Waals surface area contributed by atoms with Crippen LogP contribution in [0.2, 0.25) is 0 Å². The number of rotatable bonds is 6. The minimum absolute atomic E-state index is 0.151. The van der Waals surface area contributed by atoms with Gasteiger partial charge in [0.1, 0.15) is 0 Å². The number of thioether (sulfide) groups is 1. The summed E-state index contributed by atoms with van der Waals surface area (Å²) in [6.45, 7) is 9.04. The van der Waals surface area contributed by atoms with Crippen LogP contribution >= 0.6 is 11.8 Å². The Morgan fingerprint density at radius 2 is 1.71 bits per heavy atom. The van der Waals surface area contributed by atoms with Crippen molar-refractivity contribution in [2.45, 2.75) is 50.6 Å². The molecular weight excluding hydrogens is 444 g/mol. The highest BCUT2D eigenvalue weighted by molar-refractivity contribution is 7.98. The van der Waals surface area contributed by atoms with Crippen molar-refractivity contribution in [1.29, 1.82) is 0 Å². The van der Waals surface area contributed by atoms with Gasteiger partial charge >= 0.3 is 0 Å². The second-order valence-electron chi connectivity index (χ2n) is 9.04. The van der Waals surface area contributed by atoms with Gasteiger partial charge in [-0.05, 0) is 19.1 Å². The van der Waals surface area contributed by atoms with E-state index in [1.54, 1.807) is 11.8 Å². The molecule has 0 N–H and O–H groups in total. The monoisotopic (exact) mass is 470 g/mol. The predicted molar refractivity (Wildman–Crippen MR) is 134 cm³/mol. The van der Waals surface area contributed by atoms with Gasteiger partial charge in [0.15, 0.2) is 16.8 Å². The Kier molecular flexibility index (Phi) is 5.91. The smallest absolute Gasteiger partial charge is 0.237 e. The van der Waals surface area contributed by atoms with Gasteiger partial charge in [0.05, 0.1) is 17.0 Å². The van der Waals surface area contributed by atoms with Crippen molar-refractivity contribution in [3.63, 3.8) is 0 Å². The molecule has 0 aliphatic carbocycles. The van der Waals surface area contributed by atoms with Gasteiger partial charge in [0.2, 0.25) is 5.89 Å². The largest absolute Gasteiger partial charge is 0.338 e. The summed E-state index contributed by atoms with van der Waals surface area (Å²) >= 11 is 1.55. The van der Waals surface area contributed by atoms with Gasteiger partial charge in [-0.3, -0.25) is 0 Å². The van der Waals surface area contributed by atoms with Gasteiger partial charge in [-0.15, -0.1) is 10.2 Å². The lowest BCUT2D eigenvalue weighted by Gasteiger charge is -2.11. The highest BCUT2D eigenvalue weighted by Crippen LogP contribution is 2.33. The van der Waals surface area contributed by atoms with Crippen LogP contribution in [0.3, 0.4) is 0 Å². The average Bonchev–Trinajstić information content (AvgIpc) is 3.49. The lowest BCUT2D eigenvalue weighted by molar-refractivity contribution is 0.372. The molecule has 0 radical (unpaired) electrons. The first-order chi connectivity index (χ1) is 16.4. The van der Waals surface area contributed by atoms with Crippen molar-refractivity contribution in [2.24, 2.45) is 0 Å². The molecule has 0 saturated carbocycles. The van der Waals surface area contributed by atoms with E-state index in [9.17, 15) is 0 Å². The van der Waals surface area contributed by atoms with E-state index in [2.05, 4.69) is 76.9 Å². The van der Waals surface area contributed by atoms with E-state index in [4.69, 9.17) is 9.51 Å². The summed E-state index contributed by atoms with van der Waals surface area (Å²) in [6, 6.07) is 20.5. The van der Waals surface area contributed by atoms with Gasteiger partial charge < -0.3 is 9.09 Å². The van der Waals surface area contributed by atoms with Crippen LogP contribution in [0.5, 0.6) is 0 Å². The zero-order chi connectivity index (χ0) is 23.7. The summed E-state index contributed by atoms with van der Waals surface area (Å²) in [5, 5.41) is 15.1. The second-order valence-corrected chi connectivity index (χ2v) is 9.98. The third-order valence-corrected chi connectivity index (χ3v) is 6.47. The molecule has 3 heterocycles. The van der Waals surface area contributed by atoms with Crippen LogP contribution < -0.4 is 0 Å². The Bertz CT molecular complexity index is 1430. The molecule has 0 amide bonds. The van der Waals surface area contributed by atoms with E-state index in [1.807, 2.05) is 36.4 Å². The second kappa shape index (κ2) is 9.02. The number of benzene rings is 2. The van der Waals surface area contributed by atoms with E-state index in [0.29, 0.717) is 17.5 Å². The maximum absolute atomic E-state index is 5.45. The van der Waals surface area contributed by atoms with Crippen LogP contribution in [0.25, 0.3) is 33.5 Å². The number of para-hydroxylation sites is 1. The fourth-order valence-corrected chi connectivity index (χ4v) is 4.58. The Labute approximate surface area is 202 Å². The molecule has 0 atom stereocenters. The molecule has 0 aliphatic rings. The topological polar surface area (TPSA) is 82.5 Å². The molecule has 3 aromatic heterocycles. The van der Waals surface area contributed by atoms with Crippen LogP contribution in [0.15, 0.2) is 70.3 Å². The Morgan fingerprint density at radius 3 is 2.44 bits per heavy atom. The van der Waals surface area contributed by atoms with E-state index in [1.165, 1.54) is 0 Å². The third-order valence-electron chi connectivity index (χ3n) is 5.52. The Hall–Kier alpha value is -3.52. The van der Waals surface area contributed by atoms with Gasteiger partial charge in [-0.2, -0.15) is 4.98 Å². The van der Waals surface area contributed by atoms with Gasteiger partial charge in [0, 0.05) is 28.5 Å². The van der Waals surface area contributed by atoms with Crippen LogP contribution in [0.4, 0.5) is 0 Å². The minimum Gasteiger partial charge on any atom is -0.338 e. The quantitative estimate of drug-likeness (QED) is 0.275. The van der Waals surface area contributed by atoms with E-state index in [0.717, 1.165) is 45.2 Å². The molecular formula is C26H26N6OS. The van der Waals surface area contributed by atoms with Crippen LogP contribution in [-0.2, 0) is 17.7 Å². The molecule has 172 valence electrons. The summed E-state index contributed by atoms with van der Waals surface area (Å²) in [4.78, 5) is 9.44. The summed E-state index contributed by atoms with van der Waals surface area (Å²) < 4.78 is 7.58. The van der Waals surface area contributed by atoms with Crippen LogP contribution in [-0.4, -0.2) is 29.9 Å². The molecule has 0 bridgehead atoms. The number of fused-ring (bicyclic) bond motifs is 1. The van der Waals surface area contributed by atoms with Crippen molar-refractivity contribution >= 4 is 22.7 Å². The maximum atomic E-state index is 5.45. The molecule has 7 nitrogen and oxygen atoms in total. The van der Waals surface area contributed by atoms with Gasteiger partial charge in [-0.25, -0.2) is 4.98 Å². The predicted octanol–water partition coefficient (Wildman–Crippen LogP) is 6.15. The van der Waals surface area contributed by atoms with Crippen molar-refractivity contribution in [3.05, 3.63) is 72.4 Å². The Balaban J connectivity index is 1.52. The van der Waals surface area contributed by atoms with E-state index >= 15 is 0 Å². The highest BCUT2D eigenvalue weighted by atomic mass is 32.2. The lowest BCUT2D eigenvalue weighted by atomic mass is 9.96. The summed E-state index contributed by atoms with van der Waals surface area (Å²) in [6.07, 6.45) is 0. The summed E-state index contributed by atoms with van der Waals surface area (Å²) in [5.41, 5.74) is 3.77. The molecule has 5 rings (SSSR count). The molecule has 8 heteroatoms. The van der Waals surface area contributed by atoms with Crippen molar-refractivity contribution < 1.29 is 4.52 Å². The SMILES string of the molecule is CCn1c(SCc2nc(C(C)(C)C)no2)nnc1-c1cc(-c2ccccc2)nc2ccccc12. The Morgan fingerprint density at radius 1 is 0.941 bits per heavy atom. The number of aromatic nitrogens is 6. The number of hydrogen-bond acceptors (Lipinski definition) is 7. The highest BCUT2D eigenvalue weighted by Gasteiger charge is 2.22. The standard InChI is InChI=1S/C26H26N6OS/c1-5-32-23(29-30-25(32)34-16-22-28-24(31-33-22)26(2,3)4)19-15-21(17-11-7-6-8-12-17)27-20-14-10-9-13-18(19)20/h6-15H,5,16H2,1-4H3. The van der Waals surface area contributed by atoms with E-state index in [-0.39, 0.29) is 5.41 Å². The summed E-state index contributed by atoms with van der Waals surface area (Å²) in [7, 11) is 0. The average molecular weight is 471 g/mol. The van der Waals surface area contributed by atoms with Gasteiger partial charge in [0.25, 0.3) is 0 Å². The molecule has 0 fully saturated rings. The van der Waals surface area contributed by atoms with Crippen LogP contribution in [0, 0.1) is 0 Å². The first-order valence-electron chi connectivity index (χ1n) is 11.3. The molecule has 2 aromatic carbocycles. The zero-order valence-electron chi connectivity index (χ0n) is 19.7. The van der Waals surface area contributed by atoms with Crippen molar-refractivity contribution in [1.82, 2.24) is 29.9 Å². The fraction of sp³-hybridized carbons (Fsp3) is 0.269. The minimum atomic E-state index is -0.151. The molecule has 0 spiro atoms. The first kappa shape index (κ1) is 22.3. The van der Waals surface area contributed by atoms with Crippen molar-refractivity contribution in [2.75, 3.05) is 0 Å². The number of pyridine rings is 1. The number of nitrogens with zero attached hydrogens (tertiary/aromatic N) is 6. The maximum Gasteiger partial charge on any atom is 0.237 e. The van der Waals surface area contributed by atoms with Crippen LogP contribution in [0.1, 0.15) is 39.4 Å². The van der Waals surface area contributed by atoms with Gasteiger partial charge in [-0.1, -0.05) is 86.2 Å². The number of hydrogen-bond donors (Lipinski definition) is 0. The molecule has 0 aliphatic heterocycles.